The van der Waals surface area contributed by atoms with Gasteiger partial charge in [-0.3, -0.25) is 9.48 Å². The van der Waals surface area contributed by atoms with Crippen molar-refractivity contribution >= 4 is 16.8 Å². The largest absolute Gasteiger partial charge is 0.496 e. The second-order valence-corrected chi connectivity index (χ2v) is 10.3. The Morgan fingerprint density at radius 2 is 1.93 bits per heavy atom. The smallest absolute Gasteiger partial charge is 0.232 e. The summed E-state index contributed by atoms with van der Waals surface area (Å²) in [6, 6.07) is 4.47. The van der Waals surface area contributed by atoms with Gasteiger partial charge in [0.05, 0.1) is 29.8 Å². The van der Waals surface area contributed by atoms with Gasteiger partial charge in [-0.2, -0.15) is 5.10 Å². The topological polar surface area (TPSA) is 67.6 Å². The Hall–Kier alpha value is -2.08. The lowest BCUT2D eigenvalue weighted by molar-refractivity contribution is -0.175. The molecule has 3 unspecified atom stereocenters. The van der Waals surface area contributed by atoms with E-state index in [2.05, 4.69) is 11.0 Å². The lowest BCUT2D eigenvalue weighted by atomic mass is 9.61. The molecule has 1 aromatic heterocycles. The molecule has 3 saturated carbocycles. The highest BCUT2D eigenvalue weighted by Crippen LogP contribution is 2.53. The molecule has 6 heteroatoms. The summed E-state index contributed by atoms with van der Waals surface area (Å²) >= 11 is 0. The van der Waals surface area contributed by atoms with Crippen molar-refractivity contribution in [3.63, 3.8) is 0 Å². The molecule has 2 aromatic rings. The molecule has 7 rings (SSSR count). The van der Waals surface area contributed by atoms with Crippen LogP contribution in [0.4, 0.5) is 0 Å². The van der Waals surface area contributed by atoms with E-state index in [1.165, 1.54) is 18.4 Å². The summed E-state index contributed by atoms with van der Waals surface area (Å²) in [5.74, 6) is 1.87. The van der Waals surface area contributed by atoms with Crippen molar-refractivity contribution in [3.05, 3.63) is 23.4 Å². The number of methoxy groups -OCH3 is 1. The van der Waals surface area contributed by atoms with Crippen LogP contribution in [0.1, 0.15) is 75.0 Å². The standard InChI is InChI=1S/C24H31N3O3/c1-13(23(28)27-16-8-14-9-17(27)12-24(29,10-14)11-16)22-21-18(26(2)25-22)6-7-19(30-3)20(21)15-4-5-15/h6-7,13-17,29H,4-5,8-12H2,1-3H3. The fraction of sp³-hybridized carbons (Fsp3) is 0.667. The lowest BCUT2D eigenvalue weighted by Crippen LogP contribution is -2.66. The van der Waals surface area contributed by atoms with Gasteiger partial charge in [0.2, 0.25) is 5.91 Å². The maximum atomic E-state index is 13.8. The molecular weight excluding hydrogens is 378 g/mol. The number of hydrogen-bond donors (Lipinski definition) is 1. The number of fused-ring (bicyclic) bond motifs is 1. The van der Waals surface area contributed by atoms with Gasteiger partial charge in [0.25, 0.3) is 0 Å². The zero-order chi connectivity index (χ0) is 20.8. The molecule has 5 fully saturated rings. The van der Waals surface area contributed by atoms with Crippen LogP contribution in [-0.2, 0) is 11.8 Å². The Bertz CT molecular complexity index is 1020. The molecule has 4 bridgehead atoms. The van der Waals surface area contributed by atoms with Gasteiger partial charge in [-0.25, -0.2) is 0 Å². The third-order valence-corrected chi connectivity index (χ3v) is 8.18. The quantitative estimate of drug-likeness (QED) is 0.840. The van der Waals surface area contributed by atoms with Crippen LogP contribution in [0.15, 0.2) is 12.1 Å². The van der Waals surface area contributed by atoms with Crippen LogP contribution in [0.2, 0.25) is 0 Å². The van der Waals surface area contributed by atoms with Crippen molar-refractivity contribution in [2.75, 3.05) is 7.11 Å². The monoisotopic (exact) mass is 409 g/mol. The van der Waals surface area contributed by atoms with E-state index >= 15 is 0 Å². The number of carbonyl (C=O) groups excluding carboxylic acids is 1. The molecule has 2 saturated heterocycles. The molecule has 3 heterocycles. The number of hydrogen-bond acceptors (Lipinski definition) is 4. The third kappa shape index (κ3) is 2.58. The molecule has 0 spiro atoms. The van der Waals surface area contributed by atoms with Gasteiger partial charge in [-0.15, -0.1) is 0 Å². The zero-order valence-corrected chi connectivity index (χ0v) is 18.1. The van der Waals surface area contributed by atoms with Crippen LogP contribution in [0.3, 0.4) is 0 Å². The number of piperidine rings is 2. The second kappa shape index (κ2) is 6.22. The van der Waals surface area contributed by atoms with E-state index in [1.54, 1.807) is 7.11 Å². The summed E-state index contributed by atoms with van der Waals surface area (Å²) in [6.07, 6.45) is 6.83. The number of carbonyl (C=O) groups is 1. The first kappa shape index (κ1) is 18.7. The highest BCUT2D eigenvalue weighted by Gasteiger charge is 2.55. The predicted molar refractivity (Wildman–Crippen MR) is 114 cm³/mol. The minimum atomic E-state index is -0.541. The van der Waals surface area contributed by atoms with Gasteiger partial charge in [0, 0.05) is 30.1 Å². The molecule has 5 aliphatic rings. The molecule has 30 heavy (non-hydrogen) atoms. The van der Waals surface area contributed by atoms with Crippen molar-refractivity contribution in [1.82, 2.24) is 14.7 Å². The first-order valence-electron chi connectivity index (χ1n) is 11.5. The molecule has 3 atom stereocenters. The molecule has 1 N–H and O–H groups in total. The maximum absolute atomic E-state index is 13.8. The zero-order valence-electron chi connectivity index (χ0n) is 18.1. The van der Waals surface area contributed by atoms with Crippen molar-refractivity contribution in [1.29, 1.82) is 0 Å². The van der Waals surface area contributed by atoms with Crippen molar-refractivity contribution in [2.24, 2.45) is 13.0 Å². The molecule has 1 aromatic carbocycles. The lowest BCUT2D eigenvalue weighted by Gasteiger charge is -2.60. The molecule has 160 valence electrons. The highest BCUT2D eigenvalue weighted by molar-refractivity contribution is 5.94. The predicted octanol–water partition coefficient (Wildman–Crippen LogP) is 3.47. The van der Waals surface area contributed by atoms with Gasteiger partial charge in [-0.05, 0) is 75.8 Å². The first-order valence-corrected chi connectivity index (χ1v) is 11.5. The maximum Gasteiger partial charge on any atom is 0.232 e. The third-order valence-electron chi connectivity index (χ3n) is 8.18. The van der Waals surface area contributed by atoms with Crippen molar-refractivity contribution in [3.8, 4) is 5.75 Å². The fourth-order valence-electron chi connectivity index (χ4n) is 6.94. The van der Waals surface area contributed by atoms with Crippen LogP contribution in [0, 0.1) is 5.92 Å². The number of aliphatic hydroxyl groups is 1. The Balaban J connectivity index is 1.40. The van der Waals surface area contributed by atoms with E-state index in [0.29, 0.717) is 11.8 Å². The second-order valence-electron chi connectivity index (χ2n) is 10.3. The number of aryl methyl sites for hydroxylation is 1. The molecule has 0 radical (unpaired) electrons. The van der Waals surface area contributed by atoms with Gasteiger partial charge in [-0.1, -0.05) is 0 Å². The van der Waals surface area contributed by atoms with Crippen molar-refractivity contribution in [2.45, 2.75) is 81.4 Å². The summed E-state index contributed by atoms with van der Waals surface area (Å²) in [5.41, 5.74) is 2.64. The number of benzene rings is 1. The summed E-state index contributed by atoms with van der Waals surface area (Å²) < 4.78 is 7.62. The van der Waals surface area contributed by atoms with Crippen LogP contribution >= 0.6 is 0 Å². The highest BCUT2D eigenvalue weighted by atomic mass is 16.5. The van der Waals surface area contributed by atoms with Crippen LogP contribution in [0.25, 0.3) is 10.9 Å². The molecule has 1 amide bonds. The minimum Gasteiger partial charge on any atom is -0.496 e. The van der Waals surface area contributed by atoms with E-state index < -0.39 is 5.60 Å². The Labute approximate surface area is 177 Å². The molecular formula is C24H31N3O3. The van der Waals surface area contributed by atoms with E-state index in [9.17, 15) is 9.90 Å². The number of aromatic nitrogens is 2. The van der Waals surface area contributed by atoms with Gasteiger partial charge >= 0.3 is 0 Å². The Morgan fingerprint density at radius 1 is 1.23 bits per heavy atom. The SMILES string of the molecule is COc1ccc2c(c(C(C)C(=O)N3C4CC5CC3CC(O)(C5)C4)nn2C)c1C1CC1. The average Bonchev–Trinajstić information content (AvgIpc) is 3.48. The van der Waals surface area contributed by atoms with Crippen molar-refractivity contribution < 1.29 is 14.6 Å². The van der Waals surface area contributed by atoms with E-state index in [1.807, 2.05) is 24.7 Å². The summed E-state index contributed by atoms with van der Waals surface area (Å²) in [4.78, 5) is 15.9. The van der Waals surface area contributed by atoms with Gasteiger partial charge < -0.3 is 14.7 Å². The molecule has 6 nitrogen and oxygen atoms in total. The summed E-state index contributed by atoms with van der Waals surface area (Å²) in [7, 11) is 3.69. The fourth-order valence-corrected chi connectivity index (χ4v) is 6.94. The summed E-state index contributed by atoms with van der Waals surface area (Å²) in [5, 5.41) is 16.9. The number of rotatable bonds is 4. The van der Waals surface area contributed by atoms with E-state index in [-0.39, 0.29) is 23.9 Å². The van der Waals surface area contributed by atoms with E-state index in [4.69, 9.17) is 9.84 Å². The number of amides is 1. The Kier molecular flexibility index (Phi) is 3.87. The van der Waals surface area contributed by atoms with Crippen LogP contribution < -0.4 is 4.74 Å². The van der Waals surface area contributed by atoms with E-state index in [0.717, 1.165) is 54.5 Å². The summed E-state index contributed by atoms with van der Waals surface area (Å²) in [6.45, 7) is 2.01. The molecule has 2 aliphatic heterocycles. The van der Waals surface area contributed by atoms with Crippen LogP contribution in [0.5, 0.6) is 5.75 Å². The van der Waals surface area contributed by atoms with Gasteiger partial charge in [0.15, 0.2) is 0 Å². The normalized spacial score (nSPS) is 33.3. The minimum absolute atomic E-state index is 0.178. The number of ether oxygens (including phenoxy) is 1. The average molecular weight is 410 g/mol. The Morgan fingerprint density at radius 3 is 2.53 bits per heavy atom. The van der Waals surface area contributed by atoms with Gasteiger partial charge in [0.1, 0.15) is 5.75 Å². The first-order chi connectivity index (χ1) is 14.4. The molecule has 3 aliphatic carbocycles. The number of nitrogens with zero attached hydrogens (tertiary/aromatic N) is 3. The van der Waals surface area contributed by atoms with Crippen LogP contribution in [-0.4, -0.2) is 50.5 Å².